The predicted molar refractivity (Wildman–Crippen MR) is 93.0 cm³/mol. The molecule has 0 saturated heterocycles. The second-order valence-electron chi connectivity index (χ2n) is 5.40. The molecule has 0 aliphatic carbocycles. The van der Waals surface area contributed by atoms with Gasteiger partial charge in [0.25, 0.3) is 5.91 Å². The molecule has 0 radical (unpaired) electrons. The second kappa shape index (κ2) is 6.64. The van der Waals surface area contributed by atoms with Gasteiger partial charge in [-0.25, -0.2) is 4.98 Å². The fourth-order valence-corrected chi connectivity index (χ4v) is 3.98. The van der Waals surface area contributed by atoms with Gasteiger partial charge in [-0.15, -0.1) is 11.3 Å². The normalized spacial score (nSPS) is 12.3. The zero-order chi connectivity index (χ0) is 16.4. The van der Waals surface area contributed by atoms with E-state index in [-0.39, 0.29) is 11.9 Å². The average molecular weight is 346 g/mol. The van der Waals surface area contributed by atoms with E-state index in [0.29, 0.717) is 5.69 Å². The third-order valence-electron chi connectivity index (χ3n) is 3.72. The largest absolute Gasteiger partial charge is 0.341 e. The summed E-state index contributed by atoms with van der Waals surface area (Å²) in [6, 6.07) is 3.67. The molecular formula is C16H18N4OS2. The smallest absolute Gasteiger partial charge is 0.270 e. The maximum atomic E-state index is 12.5. The number of carbonyl (C=O) groups excluding carboxylic acids is 1. The molecule has 5 nitrogen and oxygen atoms in total. The number of hydrogen-bond donors (Lipinski definition) is 1. The zero-order valence-electron chi connectivity index (χ0n) is 13.2. The standard InChI is InChI=1S/C16H18N4OS2/c1-10-11(2)23-16(18-10)13(8-12-5-7-22-9-12)19-15(21)14-4-6-17-20(14)3/h4-7,9,13H,8H2,1-3H3,(H,19,21)/t13-/m0/s1. The number of aryl methyl sites for hydroxylation is 3. The lowest BCUT2D eigenvalue weighted by Crippen LogP contribution is -2.31. The number of amides is 1. The van der Waals surface area contributed by atoms with Crippen LogP contribution >= 0.6 is 22.7 Å². The van der Waals surface area contributed by atoms with E-state index in [1.54, 1.807) is 46.7 Å². The summed E-state index contributed by atoms with van der Waals surface area (Å²) in [5.41, 5.74) is 2.77. The Labute approximate surface area is 143 Å². The van der Waals surface area contributed by atoms with Crippen molar-refractivity contribution in [3.63, 3.8) is 0 Å². The number of nitrogens with one attached hydrogen (secondary N) is 1. The fourth-order valence-electron chi connectivity index (χ4n) is 2.32. The summed E-state index contributed by atoms with van der Waals surface area (Å²) in [5, 5.41) is 12.3. The lowest BCUT2D eigenvalue weighted by atomic mass is 10.1. The van der Waals surface area contributed by atoms with Gasteiger partial charge in [-0.3, -0.25) is 9.48 Å². The number of thiazole rings is 1. The van der Waals surface area contributed by atoms with E-state index in [4.69, 9.17) is 0 Å². The summed E-state index contributed by atoms with van der Waals surface area (Å²) < 4.78 is 1.58. The Morgan fingerprint density at radius 1 is 1.39 bits per heavy atom. The van der Waals surface area contributed by atoms with Crippen LogP contribution in [0.15, 0.2) is 29.1 Å². The van der Waals surface area contributed by atoms with Crippen LogP contribution in [0.3, 0.4) is 0 Å². The lowest BCUT2D eigenvalue weighted by molar-refractivity contribution is 0.0927. The van der Waals surface area contributed by atoms with Gasteiger partial charge in [0.1, 0.15) is 10.7 Å². The van der Waals surface area contributed by atoms with Crippen molar-refractivity contribution in [2.45, 2.75) is 26.3 Å². The molecule has 0 spiro atoms. The van der Waals surface area contributed by atoms with E-state index in [0.717, 1.165) is 17.1 Å². The van der Waals surface area contributed by atoms with Crippen molar-refractivity contribution in [2.24, 2.45) is 7.05 Å². The maximum Gasteiger partial charge on any atom is 0.270 e. The molecule has 0 saturated carbocycles. The fraction of sp³-hybridized carbons (Fsp3) is 0.312. The van der Waals surface area contributed by atoms with Crippen LogP contribution in [0, 0.1) is 13.8 Å². The molecule has 0 unspecified atom stereocenters. The summed E-state index contributed by atoms with van der Waals surface area (Å²) in [7, 11) is 1.76. The van der Waals surface area contributed by atoms with Gasteiger partial charge >= 0.3 is 0 Å². The Kier molecular flexibility index (Phi) is 4.58. The zero-order valence-corrected chi connectivity index (χ0v) is 14.9. The van der Waals surface area contributed by atoms with Gasteiger partial charge in [-0.1, -0.05) is 0 Å². The topological polar surface area (TPSA) is 59.8 Å². The Hall–Kier alpha value is -1.99. The van der Waals surface area contributed by atoms with Crippen molar-refractivity contribution in [1.82, 2.24) is 20.1 Å². The monoisotopic (exact) mass is 346 g/mol. The molecule has 0 aliphatic heterocycles. The summed E-state index contributed by atoms with van der Waals surface area (Å²) in [5.74, 6) is -0.129. The van der Waals surface area contributed by atoms with Gasteiger partial charge in [0, 0.05) is 24.5 Å². The van der Waals surface area contributed by atoms with E-state index in [2.05, 4.69) is 33.8 Å². The van der Waals surface area contributed by atoms with Gasteiger partial charge in [-0.2, -0.15) is 16.4 Å². The summed E-state index contributed by atoms with van der Waals surface area (Å²) in [4.78, 5) is 18.4. The first-order valence-electron chi connectivity index (χ1n) is 7.28. The highest BCUT2D eigenvalue weighted by atomic mass is 32.1. The Morgan fingerprint density at radius 3 is 2.78 bits per heavy atom. The number of thiophene rings is 1. The molecule has 7 heteroatoms. The van der Waals surface area contributed by atoms with Gasteiger partial charge in [0.05, 0.1) is 11.7 Å². The molecule has 0 aliphatic rings. The van der Waals surface area contributed by atoms with Crippen LogP contribution < -0.4 is 5.32 Å². The van der Waals surface area contributed by atoms with Crippen LogP contribution in [0.4, 0.5) is 0 Å². The molecule has 0 bridgehead atoms. The van der Waals surface area contributed by atoms with E-state index >= 15 is 0 Å². The van der Waals surface area contributed by atoms with Crippen LogP contribution in [0.25, 0.3) is 0 Å². The molecule has 3 heterocycles. The van der Waals surface area contributed by atoms with Crippen LogP contribution in [0.2, 0.25) is 0 Å². The van der Waals surface area contributed by atoms with Gasteiger partial charge in [0.15, 0.2) is 0 Å². The number of aromatic nitrogens is 3. The van der Waals surface area contributed by atoms with E-state index in [1.165, 1.54) is 10.4 Å². The SMILES string of the molecule is Cc1nc([C@H](Cc2ccsc2)NC(=O)c2ccnn2C)sc1C. The Balaban J connectivity index is 1.85. The van der Waals surface area contributed by atoms with Gasteiger partial charge in [-0.05, 0) is 42.3 Å². The highest BCUT2D eigenvalue weighted by molar-refractivity contribution is 7.11. The van der Waals surface area contributed by atoms with E-state index in [9.17, 15) is 4.79 Å². The van der Waals surface area contributed by atoms with E-state index < -0.39 is 0 Å². The lowest BCUT2D eigenvalue weighted by Gasteiger charge is -2.16. The van der Waals surface area contributed by atoms with Crippen molar-refractivity contribution >= 4 is 28.6 Å². The van der Waals surface area contributed by atoms with Crippen LogP contribution in [-0.2, 0) is 13.5 Å². The molecule has 1 N–H and O–H groups in total. The molecular weight excluding hydrogens is 328 g/mol. The first-order valence-corrected chi connectivity index (χ1v) is 9.04. The first kappa shape index (κ1) is 15.9. The minimum atomic E-state index is -0.135. The van der Waals surface area contributed by atoms with Crippen molar-refractivity contribution in [1.29, 1.82) is 0 Å². The number of nitrogens with zero attached hydrogens (tertiary/aromatic N) is 3. The molecule has 120 valence electrons. The third-order valence-corrected chi connectivity index (χ3v) is 5.64. The van der Waals surface area contributed by atoms with E-state index in [1.807, 2.05) is 12.3 Å². The van der Waals surface area contributed by atoms with Gasteiger partial charge < -0.3 is 5.32 Å². The molecule has 3 aromatic rings. The predicted octanol–water partition coefficient (Wildman–Crippen LogP) is 3.27. The van der Waals surface area contributed by atoms with Crippen LogP contribution in [0.5, 0.6) is 0 Å². The molecule has 23 heavy (non-hydrogen) atoms. The van der Waals surface area contributed by atoms with Crippen LogP contribution in [-0.4, -0.2) is 20.7 Å². The maximum absolute atomic E-state index is 12.5. The molecule has 0 fully saturated rings. The van der Waals surface area contributed by atoms with Crippen molar-refractivity contribution < 1.29 is 4.79 Å². The Morgan fingerprint density at radius 2 is 2.22 bits per heavy atom. The summed E-state index contributed by atoms with van der Waals surface area (Å²) >= 11 is 3.30. The molecule has 0 aromatic carbocycles. The second-order valence-corrected chi connectivity index (χ2v) is 7.41. The highest BCUT2D eigenvalue weighted by Gasteiger charge is 2.21. The average Bonchev–Trinajstić information content (AvgIpc) is 3.22. The van der Waals surface area contributed by atoms with Crippen molar-refractivity contribution in [3.05, 3.63) is 55.9 Å². The quantitative estimate of drug-likeness (QED) is 0.771. The van der Waals surface area contributed by atoms with Gasteiger partial charge in [0.2, 0.25) is 0 Å². The highest BCUT2D eigenvalue weighted by Crippen LogP contribution is 2.26. The van der Waals surface area contributed by atoms with Crippen LogP contribution in [0.1, 0.15) is 37.7 Å². The summed E-state index contributed by atoms with van der Waals surface area (Å²) in [6.07, 6.45) is 2.36. The third kappa shape index (κ3) is 3.51. The number of rotatable bonds is 5. The minimum absolute atomic E-state index is 0.129. The van der Waals surface area contributed by atoms with Crippen molar-refractivity contribution in [2.75, 3.05) is 0 Å². The number of hydrogen-bond acceptors (Lipinski definition) is 5. The Bertz CT molecular complexity index is 785. The minimum Gasteiger partial charge on any atom is -0.341 e. The molecule has 1 amide bonds. The molecule has 3 rings (SSSR count). The molecule has 3 aromatic heterocycles. The number of carbonyl (C=O) groups is 1. The summed E-state index contributed by atoms with van der Waals surface area (Å²) in [6.45, 7) is 4.06. The van der Waals surface area contributed by atoms with Crippen molar-refractivity contribution in [3.8, 4) is 0 Å². The first-order chi connectivity index (χ1) is 11.0. The molecule has 1 atom stereocenters.